The van der Waals surface area contributed by atoms with Crippen LogP contribution in [0.5, 0.6) is 0 Å². The molecule has 0 saturated heterocycles. The maximum Gasteiger partial charge on any atom is 0.215 e. The molecule has 1 saturated carbocycles. The Hall–Kier alpha value is -0.130. The van der Waals surface area contributed by atoms with Crippen molar-refractivity contribution >= 4 is 10.0 Å². The lowest BCUT2D eigenvalue weighted by Crippen LogP contribution is -2.45. The van der Waals surface area contributed by atoms with E-state index in [-0.39, 0.29) is 12.6 Å². The van der Waals surface area contributed by atoms with E-state index >= 15 is 0 Å². The normalized spacial score (nSPS) is 27.9. The van der Waals surface area contributed by atoms with Crippen LogP contribution < -0.4 is 10.5 Å². The van der Waals surface area contributed by atoms with E-state index in [2.05, 4.69) is 11.6 Å². The van der Waals surface area contributed by atoms with Gasteiger partial charge in [-0.3, -0.25) is 0 Å². The highest BCUT2D eigenvalue weighted by Crippen LogP contribution is 2.27. The zero-order chi connectivity index (χ0) is 12.9. The van der Waals surface area contributed by atoms with Gasteiger partial charge in [-0.05, 0) is 25.2 Å². The summed E-state index contributed by atoms with van der Waals surface area (Å²) in [5.41, 5.74) is 5.51. The molecule has 3 unspecified atom stereocenters. The minimum absolute atomic E-state index is 0.124. The van der Waals surface area contributed by atoms with Gasteiger partial charge in [0, 0.05) is 12.6 Å². The molecule has 0 aromatic rings. The molecule has 3 atom stereocenters. The second-order valence-corrected chi connectivity index (χ2v) is 7.06. The molecule has 3 N–H and O–H groups in total. The Balaban J connectivity index is 2.58. The molecule has 0 aromatic heterocycles. The highest BCUT2D eigenvalue weighted by molar-refractivity contribution is 7.90. The number of nitrogens with two attached hydrogens (primary N) is 1. The van der Waals surface area contributed by atoms with Crippen LogP contribution in [0.1, 0.15) is 52.4 Å². The van der Waals surface area contributed by atoms with Gasteiger partial charge in [-0.2, -0.15) is 0 Å². The number of hydrogen-bond donors (Lipinski definition) is 2. The molecule has 0 amide bonds. The van der Waals surface area contributed by atoms with Crippen molar-refractivity contribution in [3.8, 4) is 0 Å². The van der Waals surface area contributed by atoms with Crippen molar-refractivity contribution in [3.05, 3.63) is 0 Å². The zero-order valence-electron chi connectivity index (χ0n) is 11.0. The predicted molar refractivity (Wildman–Crippen MR) is 71.2 cm³/mol. The Kier molecular flexibility index (Phi) is 5.89. The van der Waals surface area contributed by atoms with E-state index in [0.29, 0.717) is 12.3 Å². The van der Waals surface area contributed by atoms with Crippen LogP contribution in [0.3, 0.4) is 0 Å². The number of hydrogen-bond acceptors (Lipinski definition) is 3. The maximum atomic E-state index is 12.1. The monoisotopic (exact) mass is 262 g/mol. The van der Waals surface area contributed by atoms with Gasteiger partial charge in [-0.15, -0.1) is 0 Å². The molecule has 17 heavy (non-hydrogen) atoms. The third kappa shape index (κ3) is 4.23. The van der Waals surface area contributed by atoms with Gasteiger partial charge in [-0.1, -0.05) is 33.1 Å². The number of rotatable bonds is 6. The minimum Gasteiger partial charge on any atom is -0.329 e. The fourth-order valence-electron chi connectivity index (χ4n) is 2.61. The lowest BCUT2D eigenvalue weighted by Gasteiger charge is -2.30. The summed E-state index contributed by atoms with van der Waals surface area (Å²) in [6.07, 6.45) is 6.05. The largest absolute Gasteiger partial charge is 0.329 e. The Morgan fingerprint density at radius 1 is 1.35 bits per heavy atom. The Labute approximate surface area is 105 Å². The second-order valence-electron chi connectivity index (χ2n) is 5.07. The summed E-state index contributed by atoms with van der Waals surface area (Å²) in [4.78, 5) is 0. The predicted octanol–water partition coefficient (Wildman–Crippen LogP) is 1.61. The summed E-state index contributed by atoms with van der Waals surface area (Å²) >= 11 is 0. The first-order chi connectivity index (χ1) is 8.03. The van der Waals surface area contributed by atoms with E-state index in [0.717, 1.165) is 25.7 Å². The van der Waals surface area contributed by atoms with Gasteiger partial charge in [0.15, 0.2) is 0 Å². The molecule has 0 heterocycles. The lowest BCUT2D eigenvalue weighted by atomic mass is 9.85. The van der Waals surface area contributed by atoms with Gasteiger partial charge in [0.25, 0.3) is 0 Å². The first-order valence-electron chi connectivity index (χ1n) is 6.74. The van der Waals surface area contributed by atoms with Gasteiger partial charge in [0.05, 0.1) is 5.25 Å². The third-order valence-corrected chi connectivity index (χ3v) is 5.91. The number of sulfonamides is 1. The van der Waals surface area contributed by atoms with Gasteiger partial charge in [-0.25, -0.2) is 13.1 Å². The molecule has 1 aliphatic rings. The molecule has 0 aromatic carbocycles. The molecule has 1 fully saturated rings. The summed E-state index contributed by atoms with van der Waals surface area (Å²) < 4.78 is 27.0. The van der Waals surface area contributed by atoms with Crippen LogP contribution in [0.2, 0.25) is 0 Å². The fraction of sp³-hybridized carbons (Fsp3) is 1.00. The molecule has 1 rings (SSSR count). The van der Waals surface area contributed by atoms with E-state index in [1.165, 1.54) is 6.42 Å². The van der Waals surface area contributed by atoms with Crippen molar-refractivity contribution in [3.63, 3.8) is 0 Å². The molecular weight excluding hydrogens is 236 g/mol. The molecule has 0 bridgehead atoms. The summed E-state index contributed by atoms with van der Waals surface area (Å²) in [5, 5.41) is -0.440. The van der Waals surface area contributed by atoms with Crippen molar-refractivity contribution < 1.29 is 8.42 Å². The minimum atomic E-state index is -3.23. The maximum absolute atomic E-state index is 12.1. The van der Waals surface area contributed by atoms with Crippen LogP contribution in [0.4, 0.5) is 0 Å². The van der Waals surface area contributed by atoms with Crippen molar-refractivity contribution in [2.45, 2.75) is 63.7 Å². The molecular formula is C12H26N2O2S. The molecule has 102 valence electrons. The molecule has 0 radical (unpaired) electrons. The van der Waals surface area contributed by atoms with Crippen molar-refractivity contribution in [1.29, 1.82) is 0 Å². The van der Waals surface area contributed by atoms with Crippen LogP contribution >= 0.6 is 0 Å². The molecule has 0 spiro atoms. The first-order valence-corrected chi connectivity index (χ1v) is 8.29. The molecule has 4 nitrogen and oxygen atoms in total. The van der Waals surface area contributed by atoms with E-state index < -0.39 is 15.3 Å². The quantitative estimate of drug-likeness (QED) is 0.764. The SMILES string of the molecule is CCC1CCCC(NS(=O)(=O)C(CC)CN)C1. The van der Waals surface area contributed by atoms with Crippen LogP contribution in [-0.2, 0) is 10.0 Å². The second kappa shape index (κ2) is 6.71. The van der Waals surface area contributed by atoms with Crippen molar-refractivity contribution in [2.24, 2.45) is 11.7 Å². The standard InChI is InChI=1S/C12H26N2O2S/c1-3-10-6-5-7-11(8-10)14-17(15,16)12(4-2)9-13/h10-12,14H,3-9,13H2,1-2H3. The zero-order valence-corrected chi connectivity index (χ0v) is 11.8. The summed E-state index contributed by atoms with van der Waals surface area (Å²) in [5.74, 6) is 0.675. The molecule has 0 aliphatic heterocycles. The van der Waals surface area contributed by atoms with Crippen LogP contribution in [0.25, 0.3) is 0 Å². The van der Waals surface area contributed by atoms with E-state index in [9.17, 15) is 8.42 Å². The smallest absolute Gasteiger partial charge is 0.215 e. The summed E-state index contributed by atoms with van der Waals surface area (Å²) in [6.45, 7) is 4.25. The van der Waals surface area contributed by atoms with Crippen LogP contribution in [0, 0.1) is 5.92 Å². The highest BCUT2D eigenvalue weighted by atomic mass is 32.2. The Morgan fingerprint density at radius 2 is 2.06 bits per heavy atom. The topological polar surface area (TPSA) is 72.2 Å². The first kappa shape index (κ1) is 14.9. The molecule has 5 heteroatoms. The van der Waals surface area contributed by atoms with Crippen molar-refractivity contribution in [1.82, 2.24) is 4.72 Å². The van der Waals surface area contributed by atoms with Gasteiger partial charge in [0.1, 0.15) is 0 Å². The van der Waals surface area contributed by atoms with E-state index in [4.69, 9.17) is 5.73 Å². The van der Waals surface area contributed by atoms with Gasteiger partial charge >= 0.3 is 0 Å². The summed E-state index contributed by atoms with van der Waals surface area (Å²) in [6, 6.07) is 0.124. The van der Waals surface area contributed by atoms with Gasteiger partial charge in [0.2, 0.25) is 10.0 Å². The third-order valence-electron chi connectivity index (χ3n) is 3.85. The summed E-state index contributed by atoms with van der Waals surface area (Å²) in [7, 11) is -3.23. The Bertz CT molecular complexity index is 312. The van der Waals surface area contributed by atoms with E-state index in [1.54, 1.807) is 0 Å². The molecule has 1 aliphatic carbocycles. The average molecular weight is 262 g/mol. The van der Waals surface area contributed by atoms with Crippen LogP contribution in [-0.4, -0.2) is 26.3 Å². The average Bonchev–Trinajstić information content (AvgIpc) is 2.29. The Morgan fingerprint density at radius 3 is 2.59 bits per heavy atom. The van der Waals surface area contributed by atoms with Gasteiger partial charge < -0.3 is 5.73 Å². The van der Waals surface area contributed by atoms with Crippen molar-refractivity contribution in [2.75, 3.05) is 6.54 Å². The highest BCUT2D eigenvalue weighted by Gasteiger charge is 2.28. The fourth-order valence-corrected chi connectivity index (χ4v) is 4.17. The van der Waals surface area contributed by atoms with E-state index in [1.807, 2.05) is 6.92 Å². The van der Waals surface area contributed by atoms with Crippen LogP contribution in [0.15, 0.2) is 0 Å². The number of nitrogens with one attached hydrogen (secondary N) is 1. The lowest BCUT2D eigenvalue weighted by molar-refractivity contribution is 0.300.